The second-order valence-corrected chi connectivity index (χ2v) is 7.10. The molecule has 0 N–H and O–H groups in total. The molecule has 0 fully saturated rings. The molecule has 0 saturated carbocycles. The highest BCUT2D eigenvalue weighted by Gasteiger charge is 2.32. The fourth-order valence-electron chi connectivity index (χ4n) is 3.26. The van der Waals surface area contributed by atoms with Crippen LogP contribution < -0.4 is 0 Å². The van der Waals surface area contributed by atoms with Gasteiger partial charge in [0.05, 0.1) is 13.7 Å². The van der Waals surface area contributed by atoms with E-state index in [-0.39, 0.29) is 36.9 Å². The summed E-state index contributed by atoms with van der Waals surface area (Å²) in [5, 5.41) is 5.67. The molecule has 1 aliphatic rings. The Labute approximate surface area is 175 Å². The Kier molecular flexibility index (Phi) is 6.95. The zero-order valence-electron chi connectivity index (χ0n) is 17.2. The SMILES string of the molecule is COC(=O)[C@@H](C)N(Cc1ccccc1)C(=O)C1=NN(Cc2ccccc2)C(=O)CC1. The molecule has 2 aromatic rings. The summed E-state index contributed by atoms with van der Waals surface area (Å²) < 4.78 is 4.85. The fourth-order valence-corrected chi connectivity index (χ4v) is 3.26. The van der Waals surface area contributed by atoms with Gasteiger partial charge in [-0.05, 0) is 18.1 Å². The van der Waals surface area contributed by atoms with Crippen LogP contribution in [0.25, 0.3) is 0 Å². The molecule has 3 rings (SSSR count). The minimum atomic E-state index is -0.786. The maximum atomic E-state index is 13.3. The molecule has 7 nitrogen and oxygen atoms in total. The Bertz CT molecular complexity index is 928. The highest BCUT2D eigenvalue weighted by molar-refractivity contribution is 6.39. The van der Waals surface area contributed by atoms with E-state index < -0.39 is 12.0 Å². The summed E-state index contributed by atoms with van der Waals surface area (Å²) in [6.07, 6.45) is 0.436. The van der Waals surface area contributed by atoms with Crippen molar-refractivity contribution >= 4 is 23.5 Å². The third kappa shape index (κ3) is 5.11. The zero-order valence-corrected chi connectivity index (χ0v) is 17.2. The van der Waals surface area contributed by atoms with E-state index in [2.05, 4.69) is 5.10 Å². The van der Waals surface area contributed by atoms with Crippen LogP contribution in [0, 0.1) is 0 Å². The first-order valence-corrected chi connectivity index (χ1v) is 9.84. The van der Waals surface area contributed by atoms with E-state index in [1.165, 1.54) is 17.0 Å². The van der Waals surface area contributed by atoms with Crippen molar-refractivity contribution in [1.82, 2.24) is 9.91 Å². The number of nitrogens with zero attached hydrogens (tertiary/aromatic N) is 3. The highest BCUT2D eigenvalue weighted by Crippen LogP contribution is 2.17. The molecule has 0 aromatic heterocycles. The number of methoxy groups -OCH3 is 1. The molecular weight excluding hydrogens is 382 g/mol. The smallest absolute Gasteiger partial charge is 0.328 e. The molecule has 1 atom stereocenters. The average Bonchev–Trinajstić information content (AvgIpc) is 2.79. The standard InChI is InChI=1S/C23H25N3O4/c1-17(23(29)30-2)25(15-18-9-5-3-6-10-18)22(28)20-13-14-21(27)26(24-20)16-19-11-7-4-8-12-19/h3-12,17H,13-16H2,1-2H3/t17-/m1/s1. The lowest BCUT2D eigenvalue weighted by molar-refractivity contribution is -0.150. The average molecular weight is 407 g/mol. The normalized spacial score (nSPS) is 14.7. The van der Waals surface area contributed by atoms with Gasteiger partial charge in [-0.1, -0.05) is 60.7 Å². The van der Waals surface area contributed by atoms with Crippen molar-refractivity contribution in [2.45, 2.75) is 38.9 Å². The molecule has 0 radical (unpaired) electrons. The van der Waals surface area contributed by atoms with E-state index in [1.54, 1.807) is 6.92 Å². The van der Waals surface area contributed by atoms with E-state index in [0.717, 1.165) is 11.1 Å². The van der Waals surface area contributed by atoms with Crippen LogP contribution in [0.4, 0.5) is 0 Å². The molecule has 7 heteroatoms. The van der Waals surface area contributed by atoms with Crippen molar-refractivity contribution in [2.75, 3.05) is 7.11 Å². The predicted molar refractivity (Wildman–Crippen MR) is 112 cm³/mol. The predicted octanol–water partition coefficient (Wildman–Crippen LogP) is 2.76. The summed E-state index contributed by atoms with van der Waals surface area (Å²) in [5.74, 6) is -1.01. The maximum absolute atomic E-state index is 13.3. The van der Waals surface area contributed by atoms with Crippen molar-refractivity contribution in [3.8, 4) is 0 Å². The molecule has 0 aliphatic carbocycles. The van der Waals surface area contributed by atoms with E-state index >= 15 is 0 Å². The summed E-state index contributed by atoms with van der Waals surface area (Å²) in [7, 11) is 1.29. The Morgan fingerprint density at radius 1 is 1.03 bits per heavy atom. The minimum absolute atomic E-state index is 0.133. The topological polar surface area (TPSA) is 79.3 Å². The molecule has 1 aliphatic heterocycles. The van der Waals surface area contributed by atoms with Crippen LogP contribution in [0.2, 0.25) is 0 Å². The van der Waals surface area contributed by atoms with Gasteiger partial charge in [0, 0.05) is 19.4 Å². The lowest BCUT2D eigenvalue weighted by atomic mass is 10.1. The van der Waals surface area contributed by atoms with Gasteiger partial charge in [0.15, 0.2) is 0 Å². The summed E-state index contributed by atoms with van der Waals surface area (Å²) in [4.78, 5) is 39.3. The van der Waals surface area contributed by atoms with Crippen LogP contribution in [0.3, 0.4) is 0 Å². The van der Waals surface area contributed by atoms with Crippen LogP contribution in [0.5, 0.6) is 0 Å². The highest BCUT2D eigenvalue weighted by atomic mass is 16.5. The summed E-state index contributed by atoms with van der Waals surface area (Å²) in [6, 6.07) is 18.1. The van der Waals surface area contributed by atoms with E-state index in [0.29, 0.717) is 6.54 Å². The van der Waals surface area contributed by atoms with Crippen LogP contribution in [0.15, 0.2) is 65.8 Å². The molecule has 156 valence electrons. The molecule has 0 bridgehead atoms. The molecular formula is C23H25N3O4. The van der Waals surface area contributed by atoms with Gasteiger partial charge in [-0.2, -0.15) is 5.10 Å². The molecule has 2 aromatic carbocycles. The first-order valence-electron chi connectivity index (χ1n) is 9.84. The second kappa shape index (κ2) is 9.82. The van der Waals surface area contributed by atoms with Gasteiger partial charge in [-0.15, -0.1) is 0 Å². The third-order valence-electron chi connectivity index (χ3n) is 4.99. The molecule has 0 spiro atoms. The number of hydrazone groups is 1. The van der Waals surface area contributed by atoms with Crippen LogP contribution in [0.1, 0.15) is 30.9 Å². The molecule has 2 amide bonds. The first kappa shape index (κ1) is 21.2. The fraction of sp³-hybridized carbons (Fsp3) is 0.304. The van der Waals surface area contributed by atoms with Gasteiger partial charge in [-0.3, -0.25) is 9.59 Å². The number of carbonyl (C=O) groups is 3. The molecule has 0 unspecified atom stereocenters. The monoisotopic (exact) mass is 407 g/mol. The number of esters is 1. The summed E-state index contributed by atoms with van der Waals surface area (Å²) in [5.41, 5.74) is 2.07. The van der Waals surface area contributed by atoms with Crippen LogP contribution in [-0.2, 0) is 32.2 Å². The van der Waals surface area contributed by atoms with Crippen LogP contribution >= 0.6 is 0 Å². The third-order valence-corrected chi connectivity index (χ3v) is 4.99. The van der Waals surface area contributed by atoms with Crippen molar-refractivity contribution in [3.63, 3.8) is 0 Å². The Morgan fingerprint density at radius 3 is 2.23 bits per heavy atom. The molecule has 1 heterocycles. The molecule has 30 heavy (non-hydrogen) atoms. The van der Waals surface area contributed by atoms with Crippen LogP contribution in [-0.4, -0.2) is 46.6 Å². The van der Waals surface area contributed by atoms with E-state index in [9.17, 15) is 14.4 Å². The Hall–Kier alpha value is -3.48. The number of amides is 2. The number of hydrogen-bond donors (Lipinski definition) is 0. The number of benzene rings is 2. The largest absolute Gasteiger partial charge is 0.467 e. The van der Waals surface area contributed by atoms with Gasteiger partial charge in [0.25, 0.3) is 5.91 Å². The maximum Gasteiger partial charge on any atom is 0.328 e. The van der Waals surface area contributed by atoms with Crippen molar-refractivity contribution in [2.24, 2.45) is 5.10 Å². The van der Waals surface area contributed by atoms with Gasteiger partial charge in [0.2, 0.25) is 5.91 Å². The van der Waals surface area contributed by atoms with Gasteiger partial charge in [0.1, 0.15) is 11.8 Å². The summed E-state index contributed by atoms with van der Waals surface area (Å²) in [6.45, 7) is 2.16. The summed E-state index contributed by atoms with van der Waals surface area (Å²) >= 11 is 0. The van der Waals surface area contributed by atoms with E-state index in [4.69, 9.17) is 4.74 Å². The van der Waals surface area contributed by atoms with Crippen molar-refractivity contribution in [1.29, 1.82) is 0 Å². The van der Waals surface area contributed by atoms with Crippen molar-refractivity contribution in [3.05, 3.63) is 71.8 Å². The van der Waals surface area contributed by atoms with Gasteiger partial charge < -0.3 is 9.64 Å². The van der Waals surface area contributed by atoms with Crippen molar-refractivity contribution < 1.29 is 19.1 Å². The van der Waals surface area contributed by atoms with Gasteiger partial charge in [-0.25, -0.2) is 9.80 Å². The number of carbonyl (C=O) groups excluding carboxylic acids is 3. The number of hydrogen-bond acceptors (Lipinski definition) is 5. The lowest BCUT2D eigenvalue weighted by Gasteiger charge is -2.30. The van der Waals surface area contributed by atoms with Gasteiger partial charge >= 0.3 is 5.97 Å². The minimum Gasteiger partial charge on any atom is -0.467 e. The zero-order chi connectivity index (χ0) is 21.5. The quantitative estimate of drug-likeness (QED) is 0.661. The second-order valence-electron chi connectivity index (χ2n) is 7.10. The number of ether oxygens (including phenoxy) is 1. The Morgan fingerprint density at radius 2 is 1.63 bits per heavy atom. The molecule has 0 saturated heterocycles. The van der Waals surface area contributed by atoms with E-state index in [1.807, 2.05) is 60.7 Å². The first-order chi connectivity index (χ1) is 14.5. The number of rotatable bonds is 7. The lowest BCUT2D eigenvalue weighted by Crippen LogP contribution is -2.48. The Balaban J connectivity index is 1.85.